The van der Waals surface area contributed by atoms with Crippen LogP contribution in [0.2, 0.25) is 0 Å². The summed E-state index contributed by atoms with van der Waals surface area (Å²) in [5.41, 5.74) is 0.561. The minimum absolute atomic E-state index is 0.327. The Balaban J connectivity index is 2.50. The molecular formula is C9H6FN3O. The molecule has 0 aliphatic rings. The molecule has 0 fully saturated rings. The molecule has 1 heterocycles. The van der Waals surface area contributed by atoms with Crippen LogP contribution < -0.4 is 5.69 Å². The molecule has 14 heavy (non-hydrogen) atoms. The Morgan fingerprint density at radius 3 is 2.57 bits per heavy atom. The Bertz CT molecular complexity index is 492. The molecule has 70 valence electrons. The fraction of sp³-hybridized carbons (Fsp3) is 0. The first-order chi connectivity index (χ1) is 6.75. The van der Waals surface area contributed by atoms with E-state index >= 15 is 0 Å². The minimum Gasteiger partial charge on any atom is -0.244 e. The summed E-state index contributed by atoms with van der Waals surface area (Å²) in [6.07, 6.45) is 1.41. The normalized spacial score (nSPS) is 10.1. The van der Waals surface area contributed by atoms with Crippen LogP contribution >= 0.6 is 0 Å². The molecule has 0 saturated heterocycles. The number of rotatable bonds is 1. The molecule has 0 unspecified atom stereocenters. The summed E-state index contributed by atoms with van der Waals surface area (Å²) in [5, 5.41) is 5.75. The van der Waals surface area contributed by atoms with E-state index in [2.05, 4.69) is 15.2 Å². The second kappa shape index (κ2) is 3.37. The van der Waals surface area contributed by atoms with Crippen LogP contribution in [0.4, 0.5) is 4.39 Å². The maximum Gasteiger partial charge on any atom is 0.361 e. The maximum atomic E-state index is 12.6. The smallest absolute Gasteiger partial charge is 0.244 e. The van der Waals surface area contributed by atoms with Crippen molar-refractivity contribution in [1.82, 2.24) is 15.2 Å². The van der Waals surface area contributed by atoms with Crippen LogP contribution in [0, 0.1) is 5.82 Å². The van der Waals surface area contributed by atoms with Gasteiger partial charge in [0.1, 0.15) is 5.82 Å². The van der Waals surface area contributed by atoms with Gasteiger partial charge >= 0.3 is 5.69 Å². The largest absolute Gasteiger partial charge is 0.361 e. The van der Waals surface area contributed by atoms with Gasteiger partial charge in [-0.15, -0.1) is 0 Å². The zero-order valence-corrected chi connectivity index (χ0v) is 7.07. The number of nitrogens with zero attached hydrogens (tertiary/aromatic N) is 2. The molecule has 2 rings (SSSR count). The third kappa shape index (κ3) is 1.66. The molecule has 0 bridgehead atoms. The molecule has 1 aromatic heterocycles. The SMILES string of the molecule is O=c1nc(-c2ccc(F)cc2)cn[nH]1. The van der Waals surface area contributed by atoms with Crippen LogP contribution in [0.25, 0.3) is 11.3 Å². The predicted molar refractivity (Wildman–Crippen MR) is 48.0 cm³/mol. The van der Waals surface area contributed by atoms with Crippen molar-refractivity contribution < 1.29 is 4.39 Å². The van der Waals surface area contributed by atoms with Gasteiger partial charge in [0.15, 0.2) is 0 Å². The highest BCUT2D eigenvalue weighted by Crippen LogP contribution is 2.13. The second-order valence-electron chi connectivity index (χ2n) is 2.68. The monoisotopic (exact) mass is 191 g/mol. The summed E-state index contributed by atoms with van der Waals surface area (Å²) in [6, 6.07) is 5.69. The fourth-order valence-corrected chi connectivity index (χ4v) is 1.07. The van der Waals surface area contributed by atoms with Crippen molar-refractivity contribution in [2.75, 3.05) is 0 Å². The quantitative estimate of drug-likeness (QED) is 0.730. The predicted octanol–water partition coefficient (Wildman–Crippen LogP) is 0.971. The summed E-state index contributed by atoms with van der Waals surface area (Å²) < 4.78 is 12.6. The minimum atomic E-state index is -0.521. The first kappa shape index (κ1) is 8.55. The van der Waals surface area contributed by atoms with Crippen molar-refractivity contribution in [3.63, 3.8) is 0 Å². The summed E-state index contributed by atoms with van der Waals surface area (Å²) in [7, 11) is 0. The molecule has 1 N–H and O–H groups in total. The Kier molecular flexibility index (Phi) is 2.06. The summed E-state index contributed by atoms with van der Waals surface area (Å²) in [5.74, 6) is -0.327. The number of nitrogens with one attached hydrogen (secondary N) is 1. The molecule has 0 atom stereocenters. The summed E-state index contributed by atoms with van der Waals surface area (Å²) in [4.78, 5) is 14.5. The van der Waals surface area contributed by atoms with Gasteiger partial charge in [0.05, 0.1) is 11.9 Å². The zero-order valence-electron chi connectivity index (χ0n) is 7.07. The van der Waals surface area contributed by atoms with Gasteiger partial charge in [0.25, 0.3) is 0 Å². The van der Waals surface area contributed by atoms with E-state index in [1.54, 1.807) is 12.1 Å². The van der Waals surface area contributed by atoms with Crippen molar-refractivity contribution in [3.05, 3.63) is 46.8 Å². The number of halogens is 1. The van der Waals surface area contributed by atoms with E-state index < -0.39 is 5.69 Å². The molecule has 0 saturated carbocycles. The first-order valence-corrected chi connectivity index (χ1v) is 3.93. The van der Waals surface area contributed by atoms with E-state index in [4.69, 9.17) is 0 Å². The van der Waals surface area contributed by atoms with E-state index in [1.807, 2.05) is 0 Å². The molecule has 0 aliphatic carbocycles. The number of H-pyrrole nitrogens is 1. The van der Waals surface area contributed by atoms with Gasteiger partial charge in [-0.25, -0.2) is 14.3 Å². The average Bonchev–Trinajstić information content (AvgIpc) is 2.19. The van der Waals surface area contributed by atoms with Gasteiger partial charge in [-0.1, -0.05) is 0 Å². The molecule has 1 aromatic carbocycles. The maximum absolute atomic E-state index is 12.6. The van der Waals surface area contributed by atoms with Crippen LogP contribution in [-0.2, 0) is 0 Å². The van der Waals surface area contributed by atoms with E-state index in [1.165, 1.54) is 18.3 Å². The van der Waals surface area contributed by atoms with E-state index in [0.717, 1.165) is 0 Å². The van der Waals surface area contributed by atoms with Crippen LogP contribution in [0.1, 0.15) is 0 Å². The lowest BCUT2D eigenvalue weighted by Gasteiger charge is -1.97. The molecule has 4 nitrogen and oxygen atoms in total. The van der Waals surface area contributed by atoms with Crippen molar-refractivity contribution in [3.8, 4) is 11.3 Å². The van der Waals surface area contributed by atoms with Crippen LogP contribution in [-0.4, -0.2) is 15.2 Å². The standard InChI is InChI=1S/C9H6FN3O/c10-7-3-1-6(2-4-7)8-5-11-13-9(14)12-8/h1-5H,(H,12,13,14). The van der Waals surface area contributed by atoms with Crippen molar-refractivity contribution in [2.24, 2.45) is 0 Å². The Morgan fingerprint density at radius 1 is 1.21 bits per heavy atom. The molecule has 0 radical (unpaired) electrons. The number of benzene rings is 1. The highest BCUT2D eigenvalue weighted by atomic mass is 19.1. The van der Waals surface area contributed by atoms with Gasteiger partial charge in [0, 0.05) is 5.56 Å². The molecule has 0 aliphatic heterocycles. The van der Waals surface area contributed by atoms with Crippen molar-refractivity contribution >= 4 is 0 Å². The number of aromatic nitrogens is 3. The lowest BCUT2D eigenvalue weighted by Crippen LogP contribution is -2.11. The average molecular weight is 191 g/mol. The number of hydrogen-bond acceptors (Lipinski definition) is 3. The van der Waals surface area contributed by atoms with Gasteiger partial charge in [0.2, 0.25) is 0 Å². The van der Waals surface area contributed by atoms with Crippen LogP contribution in [0.15, 0.2) is 35.3 Å². The van der Waals surface area contributed by atoms with E-state index in [-0.39, 0.29) is 5.82 Å². The van der Waals surface area contributed by atoms with E-state index in [9.17, 15) is 9.18 Å². The topological polar surface area (TPSA) is 58.6 Å². The van der Waals surface area contributed by atoms with Crippen LogP contribution in [0.3, 0.4) is 0 Å². The van der Waals surface area contributed by atoms with Crippen LogP contribution in [0.5, 0.6) is 0 Å². The molecule has 0 amide bonds. The van der Waals surface area contributed by atoms with Crippen molar-refractivity contribution in [2.45, 2.75) is 0 Å². The third-order valence-electron chi connectivity index (χ3n) is 1.71. The van der Waals surface area contributed by atoms with Crippen molar-refractivity contribution in [1.29, 1.82) is 0 Å². The highest BCUT2D eigenvalue weighted by Gasteiger charge is 1.99. The molecule has 2 aromatic rings. The van der Waals surface area contributed by atoms with Gasteiger partial charge in [-0.3, -0.25) is 0 Å². The third-order valence-corrected chi connectivity index (χ3v) is 1.71. The lowest BCUT2D eigenvalue weighted by molar-refractivity contribution is 0.628. The fourth-order valence-electron chi connectivity index (χ4n) is 1.07. The van der Waals surface area contributed by atoms with Gasteiger partial charge < -0.3 is 0 Å². The zero-order chi connectivity index (χ0) is 9.97. The lowest BCUT2D eigenvalue weighted by atomic mass is 10.2. The molecular weight excluding hydrogens is 185 g/mol. The number of hydrogen-bond donors (Lipinski definition) is 1. The highest BCUT2D eigenvalue weighted by molar-refractivity contribution is 5.57. The van der Waals surface area contributed by atoms with Gasteiger partial charge in [-0.2, -0.15) is 10.1 Å². The number of aromatic amines is 1. The second-order valence-corrected chi connectivity index (χ2v) is 2.68. The first-order valence-electron chi connectivity index (χ1n) is 3.93. The Morgan fingerprint density at radius 2 is 1.93 bits per heavy atom. The Labute approximate surface area is 78.4 Å². The summed E-state index contributed by atoms with van der Waals surface area (Å²) in [6.45, 7) is 0. The molecule has 0 spiro atoms. The van der Waals surface area contributed by atoms with Gasteiger partial charge in [-0.05, 0) is 24.3 Å². The molecule has 5 heteroatoms. The van der Waals surface area contributed by atoms with E-state index in [0.29, 0.717) is 11.3 Å². The summed E-state index contributed by atoms with van der Waals surface area (Å²) >= 11 is 0. The Hall–Kier alpha value is -2.04.